The molecule has 0 aromatic heterocycles. The maximum Gasteiger partial charge on any atom is 0.220 e. The molecule has 0 aliphatic rings. The van der Waals surface area contributed by atoms with E-state index >= 15 is 0 Å². The van der Waals surface area contributed by atoms with Crippen molar-refractivity contribution < 1.29 is 14.6 Å². The van der Waals surface area contributed by atoms with E-state index in [1.54, 1.807) is 0 Å². The molecule has 4 N–H and O–H groups in total. The van der Waals surface area contributed by atoms with Gasteiger partial charge in [0, 0.05) is 13.0 Å². The molecular weight excluding hydrogens is 232 g/mol. The Bertz CT molecular complexity index is 195. The van der Waals surface area contributed by atoms with Crippen LogP contribution in [-0.2, 0) is 9.53 Å². The number of carbonyl (C=O) groups excluding carboxylic acids is 1. The van der Waals surface area contributed by atoms with Crippen molar-refractivity contribution in [3.05, 3.63) is 0 Å². The van der Waals surface area contributed by atoms with Crippen LogP contribution in [0.15, 0.2) is 0 Å². The van der Waals surface area contributed by atoms with Crippen molar-refractivity contribution in [3.63, 3.8) is 0 Å². The van der Waals surface area contributed by atoms with Gasteiger partial charge in [0.05, 0.1) is 19.8 Å². The fraction of sp³-hybridized carbons (Fsp3) is 0.923. The van der Waals surface area contributed by atoms with E-state index in [1.807, 2.05) is 0 Å². The first-order chi connectivity index (χ1) is 8.74. The monoisotopic (exact) mass is 260 g/mol. The number of hydrogen-bond donors (Lipinski definition) is 3. The number of amides is 1. The standard InChI is InChI=1S/C13H28N2O3/c1-2-3-12(6-7-14)4-5-13(17)15-8-10-18-11-9-16/h12,16H,2-11,14H2,1H3,(H,15,17). The number of nitrogens with two attached hydrogens (primary N) is 1. The Hall–Kier alpha value is -0.650. The maximum atomic E-state index is 11.5. The Labute approximate surface area is 110 Å². The number of hydrogen-bond acceptors (Lipinski definition) is 4. The predicted octanol–water partition coefficient (Wildman–Crippen LogP) is 0.657. The molecule has 0 aromatic rings. The first-order valence-corrected chi connectivity index (χ1v) is 6.89. The van der Waals surface area contributed by atoms with Gasteiger partial charge < -0.3 is 20.9 Å². The number of rotatable bonds is 12. The molecule has 5 nitrogen and oxygen atoms in total. The van der Waals surface area contributed by atoms with Gasteiger partial charge in [0.25, 0.3) is 0 Å². The Morgan fingerprint density at radius 3 is 2.72 bits per heavy atom. The molecule has 0 heterocycles. The second-order valence-corrected chi connectivity index (χ2v) is 4.46. The van der Waals surface area contributed by atoms with Gasteiger partial charge in [-0.1, -0.05) is 19.8 Å². The van der Waals surface area contributed by atoms with E-state index in [4.69, 9.17) is 15.6 Å². The quantitative estimate of drug-likeness (QED) is 0.450. The molecule has 0 spiro atoms. The molecule has 0 aliphatic carbocycles. The molecule has 18 heavy (non-hydrogen) atoms. The van der Waals surface area contributed by atoms with Gasteiger partial charge in [0.15, 0.2) is 0 Å². The fourth-order valence-corrected chi connectivity index (χ4v) is 1.93. The fourth-order valence-electron chi connectivity index (χ4n) is 1.93. The summed E-state index contributed by atoms with van der Waals surface area (Å²) in [6, 6.07) is 0. The molecule has 1 atom stereocenters. The molecule has 0 saturated carbocycles. The summed E-state index contributed by atoms with van der Waals surface area (Å²) in [7, 11) is 0. The molecule has 0 aliphatic heterocycles. The summed E-state index contributed by atoms with van der Waals surface area (Å²) < 4.78 is 5.05. The first-order valence-electron chi connectivity index (χ1n) is 6.89. The lowest BCUT2D eigenvalue weighted by molar-refractivity contribution is -0.121. The van der Waals surface area contributed by atoms with Gasteiger partial charge in [-0.3, -0.25) is 4.79 Å². The third-order valence-electron chi connectivity index (χ3n) is 2.86. The van der Waals surface area contributed by atoms with Gasteiger partial charge >= 0.3 is 0 Å². The highest BCUT2D eigenvalue weighted by Gasteiger charge is 2.09. The van der Waals surface area contributed by atoms with Crippen LogP contribution in [0.25, 0.3) is 0 Å². The lowest BCUT2D eigenvalue weighted by Gasteiger charge is -2.14. The van der Waals surface area contributed by atoms with Crippen LogP contribution in [0.4, 0.5) is 0 Å². The Morgan fingerprint density at radius 2 is 2.11 bits per heavy atom. The lowest BCUT2D eigenvalue weighted by atomic mass is 9.94. The summed E-state index contributed by atoms with van der Waals surface area (Å²) in [6.07, 6.45) is 4.76. The Balaban J connectivity index is 3.54. The molecule has 0 fully saturated rings. The van der Waals surface area contributed by atoms with Crippen molar-refractivity contribution in [2.75, 3.05) is 32.9 Å². The van der Waals surface area contributed by atoms with E-state index in [-0.39, 0.29) is 12.5 Å². The zero-order valence-corrected chi connectivity index (χ0v) is 11.5. The smallest absolute Gasteiger partial charge is 0.220 e. The van der Waals surface area contributed by atoms with Crippen LogP contribution < -0.4 is 11.1 Å². The van der Waals surface area contributed by atoms with Crippen molar-refractivity contribution in [2.45, 2.75) is 39.0 Å². The van der Waals surface area contributed by atoms with Gasteiger partial charge in [0.2, 0.25) is 5.91 Å². The maximum absolute atomic E-state index is 11.5. The highest BCUT2D eigenvalue weighted by atomic mass is 16.5. The average molecular weight is 260 g/mol. The number of carbonyl (C=O) groups is 1. The Kier molecular flexibility index (Phi) is 12.3. The highest BCUT2D eigenvalue weighted by Crippen LogP contribution is 2.16. The van der Waals surface area contributed by atoms with E-state index < -0.39 is 0 Å². The number of aliphatic hydroxyl groups excluding tert-OH is 1. The van der Waals surface area contributed by atoms with Crippen LogP contribution >= 0.6 is 0 Å². The topological polar surface area (TPSA) is 84.6 Å². The van der Waals surface area contributed by atoms with E-state index in [0.717, 1.165) is 25.7 Å². The second kappa shape index (κ2) is 12.8. The van der Waals surface area contributed by atoms with Crippen LogP contribution in [0.1, 0.15) is 39.0 Å². The Morgan fingerprint density at radius 1 is 1.33 bits per heavy atom. The summed E-state index contributed by atoms with van der Waals surface area (Å²) in [5.74, 6) is 0.636. The summed E-state index contributed by atoms with van der Waals surface area (Å²) in [4.78, 5) is 11.5. The molecule has 0 radical (unpaired) electrons. The normalized spacial score (nSPS) is 12.4. The largest absolute Gasteiger partial charge is 0.394 e. The van der Waals surface area contributed by atoms with E-state index in [2.05, 4.69) is 12.2 Å². The predicted molar refractivity (Wildman–Crippen MR) is 72.2 cm³/mol. The van der Waals surface area contributed by atoms with Crippen molar-refractivity contribution >= 4 is 5.91 Å². The minimum Gasteiger partial charge on any atom is -0.394 e. The van der Waals surface area contributed by atoms with Crippen LogP contribution in [0, 0.1) is 5.92 Å². The minimum absolute atomic E-state index is 0.0196. The van der Waals surface area contributed by atoms with E-state index in [9.17, 15) is 4.79 Å². The van der Waals surface area contributed by atoms with E-state index in [1.165, 1.54) is 0 Å². The summed E-state index contributed by atoms with van der Waals surface area (Å²) in [6.45, 7) is 4.15. The van der Waals surface area contributed by atoms with Crippen molar-refractivity contribution in [1.29, 1.82) is 0 Å². The highest BCUT2D eigenvalue weighted by molar-refractivity contribution is 5.75. The summed E-state index contributed by atoms with van der Waals surface area (Å²) in [5.41, 5.74) is 5.56. The van der Waals surface area contributed by atoms with Gasteiger partial charge in [-0.15, -0.1) is 0 Å². The van der Waals surface area contributed by atoms with Gasteiger partial charge in [0.1, 0.15) is 0 Å². The molecule has 1 amide bonds. The van der Waals surface area contributed by atoms with Crippen molar-refractivity contribution in [2.24, 2.45) is 11.7 Å². The zero-order chi connectivity index (χ0) is 13.6. The van der Waals surface area contributed by atoms with Crippen LogP contribution in [0.5, 0.6) is 0 Å². The molecule has 5 heteroatoms. The lowest BCUT2D eigenvalue weighted by Crippen LogP contribution is -2.28. The zero-order valence-electron chi connectivity index (χ0n) is 11.5. The van der Waals surface area contributed by atoms with Gasteiger partial charge in [-0.05, 0) is 25.3 Å². The summed E-state index contributed by atoms with van der Waals surface area (Å²) in [5, 5.41) is 11.3. The average Bonchev–Trinajstić information content (AvgIpc) is 2.36. The van der Waals surface area contributed by atoms with Gasteiger partial charge in [-0.25, -0.2) is 0 Å². The third kappa shape index (κ3) is 10.5. The summed E-state index contributed by atoms with van der Waals surface area (Å²) >= 11 is 0. The third-order valence-corrected chi connectivity index (χ3v) is 2.86. The molecule has 0 rings (SSSR count). The van der Waals surface area contributed by atoms with Gasteiger partial charge in [-0.2, -0.15) is 0 Å². The molecule has 0 bridgehead atoms. The number of ether oxygens (including phenoxy) is 1. The molecule has 0 aromatic carbocycles. The second-order valence-electron chi connectivity index (χ2n) is 4.46. The number of nitrogens with one attached hydrogen (secondary N) is 1. The van der Waals surface area contributed by atoms with Crippen molar-refractivity contribution in [1.82, 2.24) is 5.32 Å². The van der Waals surface area contributed by atoms with Crippen LogP contribution in [0.3, 0.4) is 0 Å². The molecule has 108 valence electrons. The molecular formula is C13H28N2O3. The molecule has 1 unspecified atom stereocenters. The molecule has 0 saturated heterocycles. The first kappa shape index (κ1) is 17.4. The number of aliphatic hydroxyl groups is 1. The van der Waals surface area contributed by atoms with Crippen LogP contribution in [-0.4, -0.2) is 43.9 Å². The minimum atomic E-state index is 0.0196. The van der Waals surface area contributed by atoms with Crippen LogP contribution in [0.2, 0.25) is 0 Å². The van der Waals surface area contributed by atoms with E-state index in [0.29, 0.717) is 38.6 Å². The van der Waals surface area contributed by atoms with Crippen molar-refractivity contribution in [3.8, 4) is 0 Å². The SMILES string of the molecule is CCCC(CCN)CCC(=O)NCCOCCO.